The van der Waals surface area contributed by atoms with Crippen molar-refractivity contribution in [3.05, 3.63) is 41.2 Å². The lowest BCUT2D eigenvalue weighted by Crippen LogP contribution is -2.26. The molecule has 0 heterocycles. The predicted molar refractivity (Wildman–Crippen MR) is 68.1 cm³/mol. The lowest BCUT2D eigenvalue weighted by Gasteiger charge is -2.05. The van der Waals surface area contributed by atoms with Crippen LogP contribution in [0.1, 0.15) is 28.8 Å². The van der Waals surface area contributed by atoms with Crippen molar-refractivity contribution in [3.8, 4) is 0 Å². The van der Waals surface area contributed by atoms with Crippen molar-refractivity contribution >= 4 is 18.0 Å². The second-order valence-electron chi connectivity index (χ2n) is 4.56. The fourth-order valence-electron chi connectivity index (χ4n) is 1.64. The third-order valence-electron chi connectivity index (χ3n) is 2.90. The van der Waals surface area contributed by atoms with Crippen LogP contribution >= 0.6 is 0 Å². The summed E-state index contributed by atoms with van der Waals surface area (Å²) in [5.41, 5.74) is 0.381. The number of benzene rings is 1. The fraction of sp³-hybridized carbons (Fsp3) is 0.286. The van der Waals surface area contributed by atoms with Gasteiger partial charge in [0.1, 0.15) is 5.82 Å². The fourth-order valence-corrected chi connectivity index (χ4v) is 1.64. The quantitative estimate of drug-likeness (QED) is 0.799. The molecule has 1 amide bonds. The molecular weight excluding hydrogens is 249 g/mol. The number of aliphatic carboxylic acids is 1. The van der Waals surface area contributed by atoms with Gasteiger partial charge in [0.2, 0.25) is 0 Å². The van der Waals surface area contributed by atoms with Crippen molar-refractivity contribution in [3.63, 3.8) is 0 Å². The van der Waals surface area contributed by atoms with Gasteiger partial charge in [-0.05, 0) is 42.5 Å². The van der Waals surface area contributed by atoms with Gasteiger partial charge in [0.15, 0.2) is 0 Å². The number of amides is 1. The smallest absolute Gasteiger partial charge is 0.328 e. The Labute approximate surface area is 109 Å². The number of rotatable bonds is 5. The summed E-state index contributed by atoms with van der Waals surface area (Å²) in [6.45, 7) is 0.582. The van der Waals surface area contributed by atoms with Crippen molar-refractivity contribution in [2.75, 3.05) is 6.54 Å². The summed E-state index contributed by atoms with van der Waals surface area (Å²) < 4.78 is 13.7. The van der Waals surface area contributed by atoms with Gasteiger partial charge in [-0.1, -0.05) is 6.07 Å². The average Bonchev–Trinajstić information content (AvgIpc) is 3.17. The van der Waals surface area contributed by atoms with Gasteiger partial charge in [-0.15, -0.1) is 0 Å². The highest BCUT2D eigenvalue weighted by molar-refractivity contribution is 5.94. The van der Waals surface area contributed by atoms with Gasteiger partial charge in [-0.3, -0.25) is 4.79 Å². The number of hydrogen-bond acceptors (Lipinski definition) is 2. The van der Waals surface area contributed by atoms with Gasteiger partial charge >= 0.3 is 5.97 Å². The van der Waals surface area contributed by atoms with Gasteiger partial charge in [0.25, 0.3) is 5.91 Å². The van der Waals surface area contributed by atoms with Crippen LogP contribution in [-0.4, -0.2) is 23.5 Å². The minimum atomic E-state index is -1.10. The summed E-state index contributed by atoms with van der Waals surface area (Å²) in [5.74, 6) is -1.66. The number of hydrogen-bond donors (Lipinski definition) is 2. The van der Waals surface area contributed by atoms with E-state index in [9.17, 15) is 14.0 Å². The summed E-state index contributed by atoms with van der Waals surface area (Å²) in [6.07, 6.45) is 4.42. The molecule has 0 spiro atoms. The molecule has 5 heteroatoms. The Morgan fingerprint density at radius 2 is 2.16 bits per heavy atom. The first-order valence-corrected chi connectivity index (χ1v) is 6.05. The minimum Gasteiger partial charge on any atom is -0.478 e. The molecule has 1 aromatic carbocycles. The van der Waals surface area contributed by atoms with E-state index in [2.05, 4.69) is 5.32 Å². The average molecular weight is 263 g/mol. The lowest BCUT2D eigenvalue weighted by atomic mass is 10.1. The molecule has 1 fully saturated rings. The van der Waals surface area contributed by atoms with Crippen LogP contribution in [-0.2, 0) is 4.79 Å². The van der Waals surface area contributed by atoms with Crippen LogP contribution < -0.4 is 5.32 Å². The third-order valence-corrected chi connectivity index (χ3v) is 2.90. The second kappa shape index (κ2) is 5.65. The van der Waals surface area contributed by atoms with Crippen LogP contribution in [0, 0.1) is 11.7 Å². The third kappa shape index (κ3) is 3.91. The topological polar surface area (TPSA) is 66.4 Å². The number of carboxylic acid groups (broad SMARTS) is 1. The Morgan fingerprint density at radius 3 is 2.74 bits per heavy atom. The van der Waals surface area contributed by atoms with Crippen molar-refractivity contribution in [1.29, 1.82) is 0 Å². The number of carbonyl (C=O) groups excluding carboxylic acids is 1. The van der Waals surface area contributed by atoms with E-state index in [1.807, 2.05) is 0 Å². The largest absolute Gasteiger partial charge is 0.478 e. The first kappa shape index (κ1) is 13.3. The molecule has 0 aromatic heterocycles. The molecule has 2 rings (SSSR count). The van der Waals surface area contributed by atoms with E-state index in [1.165, 1.54) is 18.2 Å². The van der Waals surface area contributed by atoms with Crippen LogP contribution in [0.5, 0.6) is 0 Å². The molecule has 1 aliphatic rings. The zero-order chi connectivity index (χ0) is 13.8. The first-order valence-electron chi connectivity index (χ1n) is 6.05. The molecule has 0 unspecified atom stereocenters. The zero-order valence-electron chi connectivity index (χ0n) is 10.2. The Hall–Kier alpha value is -2.17. The predicted octanol–water partition coefficient (Wildman–Crippen LogP) is 2.06. The van der Waals surface area contributed by atoms with Crippen LogP contribution in [0.25, 0.3) is 6.08 Å². The van der Waals surface area contributed by atoms with Gasteiger partial charge in [0.05, 0.1) is 5.56 Å². The minimum absolute atomic E-state index is 0.0203. The summed E-state index contributed by atoms with van der Waals surface area (Å²) in [6, 6.07) is 4.01. The molecule has 0 aliphatic heterocycles. The maximum Gasteiger partial charge on any atom is 0.328 e. The molecule has 1 saturated carbocycles. The molecule has 4 nitrogen and oxygen atoms in total. The zero-order valence-corrected chi connectivity index (χ0v) is 10.2. The highest BCUT2D eigenvalue weighted by atomic mass is 19.1. The molecule has 1 aromatic rings. The number of nitrogens with one attached hydrogen (secondary N) is 1. The van der Waals surface area contributed by atoms with Crippen LogP contribution in [0.4, 0.5) is 4.39 Å². The molecule has 0 saturated heterocycles. The Bertz CT molecular complexity index is 535. The summed E-state index contributed by atoms with van der Waals surface area (Å²) in [7, 11) is 0. The van der Waals surface area contributed by atoms with E-state index in [1.54, 1.807) is 0 Å². The maximum atomic E-state index is 13.7. The summed E-state index contributed by atoms with van der Waals surface area (Å²) in [5, 5.41) is 11.2. The van der Waals surface area contributed by atoms with Gasteiger partial charge < -0.3 is 10.4 Å². The molecule has 19 heavy (non-hydrogen) atoms. The van der Waals surface area contributed by atoms with Crippen molar-refractivity contribution in [1.82, 2.24) is 5.32 Å². The Kier molecular flexibility index (Phi) is 3.94. The van der Waals surface area contributed by atoms with Crippen molar-refractivity contribution < 1.29 is 19.1 Å². The van der Waals surface area contributed by atoms with Crippen molar-refractivity contribution in [2.24, 2.45) is 5.92 Å². The first-order chi connectivity index (χ1) is 9.06. The summed E-state index contributed by atoms with van der Waals surface area (Å²) in [4.78, 5) is 22.1. The highest BCUT2D eigenvalue weighted by Crippen LogP contribution is 2.27. The standard InChI is InChI=1S/C14H14FNO3/c15-12-7-9(4-6-13(17)18)3-5-11(12)14(19)16-8-10-1-2-10/h3-7,10H,1-2,8H2,(H,16,19)(H,17,18). The normalized spacial score (nSPS) is 14.6. The van der Waals surface area contributed by atoms with E-state index in [0.29, 0.717) is 18.0 Å². The molecule has 1 aliphatic carbocycles. The number of carbonyl (C=O) groups is 2. The van der Waals surface area contributed by atoms with Crippen molar-refractivity contribution in [2.45, 2.75) is 12.8 Å². The van der Waals surface area contributed by atoms with E-state index in [-0.39, 0.29) is 5.56 Å². The Morgan fingerprint density at radius 1 is 1.42 bits per heavy atom. The van der Waals surface area contributed by atoms with E-state index >= 15 is 0 Å². The molecular formula is C14H14FNO3. The molecule has 100 valence electrons. The summed E-state index contributed by atoms with van der Waals surface area (Å²) >= 11 is 0. The Balaban J connectivity index is 2.04. The lowest BCUT2D eigenvalue weighted by molar-refractivity contribution is -0.131. The van der Waals surface area contributed by atoms with Gasteiger partial charge in [-0.25, -0.2) is 9.18 Å². The monoisotopic (exact) mass is 263 g/mol. The van der Waals surface area contributed by atoms with Crippen LogP contribution in [0.3, 0.4) is 0 Å². The van der Waals surface area contributed by atoms with Crippen LogP contribution in [0.2, 0.25) is 0 Å². The van der Waals surface area contributed by atoms with Gasteiger partial charge in [-0.2, -0.15) is 0 Å². The van der Waals surface area contributed by atoms with E-state index < -0.39 is 17.7 Å². The van der Waals surface area contributed by atoms with Gasteiger partial charge in [0, 0.05) is 12.6 Å². The van der Waals surface area contributed by atoms with E-state index in [0.717, 1.165) is 25.0 Å². The maximum absolute atomic E-state index is 13.7. The molecule has 0 atom stereocenters. The number of carboxylic acids is 1. The SMILES string of the molecule is O=C(O)C=Cc1ccc(C(=O)NCC2CC2)c(F)c1. The molecule has 0 bridgehead atoms. The van der Waals surface area contributed by atoms with Crippen LogP contribution in [0.15, 0.2) is 24.3 Å². The highest BCUT2D eigenvalue weighted by Gasteiger charge is 2.22. The molecule has 2 N–H and O–H groups in total. The van der Waals surface area contributed by atoms with E-state index in [4.69, 9.17) is 5.11 Å². The number of halogens is 1. The second-order valence-corrected chi connectivity index (χ2v) is 4.56. The molecule has 0 radical (unpaired) electrons.